The Morgan fingerprint density at radius 3 is 3.00 bits per heavy atom. The summed E-state index contributed by atoms with van der Waals surface area (Å²) in [6.45, 7) is 2.96. The van der Waals surface area contributed by atoms with Crippen LogP contribution in [0.1, 0.15) is 19.8 Å². The summed E-state index contributed by atoms with van der Waals surface area (Å²) in [6.07, 6.45) is 1.34. The number of carbonyl (C=O) groups is 2. The number of hydrogen-bond acceptors (Lipinski definition) is 3. The van der Waals surface area contributed by atoms with E-state index in [0.29, 0.717) is 19.6 Å². The third-order valence-electron chi connectivity index (χ3n) is 1.76. The van der Waals surface area contributed by atoms with Gasteiger partial charge < -0.3 is 9.64 Å². The molecule has 1 amide bonds. The highest BCUT2D eigenvalue weighted by molar-refractivity contribution is 5.82. The van der Waals surface area contributed by atoms with E-state index in [-0.39, 0.29) is 18.4 Å². The number of hydrogen-bond donors (Lipinski definition) is 0. The largest absolute Gasteiger partial charge is 0.462 e. The van der Waals surface area contributed by atoms with Crippen LogP contribution in [0.5, 0.6) is 0 Å². The van der Waals surface area contributed by atoms with Gasteiger partial charge in [0.15, 0.2) is 0 Å². The van der Waals surface area contributed by atoms with E-state index in [0.717, 1.165) is 6.42 Å². The van der Waals surface area contributed by atoms with Gasteiger partial charge in [-0.05, 0) is 6.42 Å². The second-order valence-electron chi connectivity index (χ2n) is 2.79. The molecule has 0 aliphatic carbocycles. The Kier molecular flexibility index (Phi) is 3.08. The fraction of sp³-hybridized carbons (Fsp3) is 0.750. The van der Waals surface area contributed by atoms with Crippen LogP contribution in [-0.2, 0) is 14.3 Å². The Morgan fingerprint density at radius 1 is 1.67 bits per heavy atom. The third kappa shape index (κ3) is 2.22. The first kappa shape index (κ1) is 9.03. The molecule has 0 atom stereocenters. The van der Waals surface area contributed by atoms with Crippen molar-refractivity contribution in [1.82, 2.24) is 4.90 Å². The zero-order chi connectivity index (χ0) is 8.97. The van der Waals surface area contributed by atoms with Crippen LogP contribution in [0.3, 0.4) is 0 Å². The second kappa shape index (κ2) is 4.09. The van der Waals surface area contributed by atoms with Gasteiger partial charge in [-0.25, -0.2) is 0 Å². The van der Waals surface area contributed by atoms with Gasteiger partial charge in [-0.15, -0.1) is 0 Å². The van der Waals surface area contributed by atoms with Crippen LogP contribution in [0.4, 0.5) is 0 Å². The van der Waals surface area contributed by atoms with Crippen molar-refractivity contribution in [2.75, 3.05) is 19.7 Å². The lowest BCUT2D eigenvalue weighted by Gasteiger charge is -2.25. The summed E-state index contributed by atoms with van der Waals surface area (Å²) in [5.74, 6) is -0.250. The maximum absolute atomic E-state index is 11.3. The SMILES string of the molecule is CCCC(=O)N1CCOC(=O)C1. The number of rotatable bonds is 2. The molecule has 4 heteroatoms. The molecule has 0 unspecified atom stereocenters. The Labute approximate surface area is 71.5 Å². The number of nitrogens with zero attached hydrogens (tertiary/aromatic N) is 1. The molecule has 0 radical (unpaired) electrons. The van der Waals surface area contributed by atoms with Crippen LogP contribution < -0.4 is 0 Å². The summed E-state index contributed by atoms with van der Waals surface area (Å²) in [5.41, 5.74) is 0. The van der Waals surface area contributed by atoms with Crippen molar-refractivity contribution in [3.63, 3.8) is 0 Å². The molecule has 68 valence electrons. The Morgan fingerprint density at radius 2 is 2.42 bits per heavy atom. The standard InChI is InChI=1S/C8H13NO3/c1-2-3-7(10)9-4-5-12-8(11)6-9/h2-6H2,1H3. The van der Waals surface area contributed by atoms with Gasteiger partial charge in [0.05, 0.1) is 6.54 Å². The van der Waals surface area contributed by atoms with Gasteiger partial charge in [-0.3, -0.25) is 9.59 Å². The highest BCUT2D eigenvalue weighted by atomic mass is 16.5. The van der Waals surface area contributed by atoms with E-state index in [1.54, 1.807) is 4.90 Å². The van der Waals surface area contributed by atoms with Gasteiger partial charge in [0, 0.05) is 6.42 Å². The van der Waals surface area contributed by atoms with Crippen molar-refractivity contribution in [3.05, 3.63) is 0 Å². The normalized spacial score (nSPS) is 17.4. The number of carbonyl (C=O) groups excluding carboxylic acids is 2. The molecule has 0 spiro atoms. The monoisotopic (exact) mass is 171 g/mol. The van der Waals surface area contributed by atoms with Crippen LogP contribution in [-0.4, -0.2) is 36.5 Å². The van der Waals surface area contributed by atoms with E-state index in [1.165, 1.54) is 0 Å². The highest BCUT2D eigenvalue weighted by Crippen LogP contribution is 2.02. The minimum atomic E-state index is -0.300. The molecule has 1 aliphatic rings. The molecule has 0 saturated carbocycles. The first-order valence-electron chi connectivity index (χ1n) is 4.17. The predicted octanol–water partition coefficient (Wildman–Crippen LogP) is 0.172. The van der Waals surface area contributed by atoms with Crippen LogP contribution in [0.15, 0.2) is 0 Å². The zero-order valence-corrected chi connectivity index (χ0v) is 7.21. The average molecular weight is 171 g/mol. The number of ether oxygens (including phenoxy) is 1. The quantitative estimate of drug-likeness (QED) is 0.556. The van der Waals surface area contributed by atoms with E-state index in [9.17, 15) is 9.59 Å². The molecule has 12 heavy (non-hydrogen) atoms. The van der Waals surface area contributed by atoms with Crippen LogP contribution in [0.25, 0.3) is 0 Å². The summed E-state index contributed by atoms with van der Waals surface area (Å²) in [4.78, 5) is 23.6. The number of amides is 1. The summed E-state index contributed by atoms with van der Waals surface area (Å²) in [5, 5.41) is 0. The van der Waals surface area contributed by atoms with E-state index in [4.69, 9.17) is 4.74 Å². The van der Waals surface area contributed by atoms with Crippen LogP contribution >= 0.6 is 0 Å². The average Bonchev–Trinajstić information content (AvgIpc) is 2.05. The van der Waals surface area contributed by atoms with Gasteiger partial charge in [0.1, 0.15) is 13.2 Å². The molecular formula is C8H13NO3. The third-order valence-corrected chi connectivity index (χ3v) is 1.76. The summed E-state index contributed by atoms with van der Waals surface area (Å²) in [7, 11) is 0. The van der Waals surface area contributed by atoms with E-state index >= 15 is 0 Å². The molecule has 1 saturated heterocycles. The van der Waals surface area contributed by atoms with Gasteiger partial charge >= 0.3 is 5.97 Å². The minimum Gasteiger partial charge on any atom is -0.462 e. The summed E-state index contributed by atoms with van der Waals surface area (Å²) >= 11 is 0. The lowest BCUT2D eigenvalue weighted by atomic mass is 10.3. The van der Waals surface area contributed by atoms with Crippen LogP contribution in [0.2, 0.25) is 0 Å². The van der Waals surface area contributed by atoms with Crippen molar-refractivity contribution in [1.29, 1.82) is 0 Å². The molecule has 1 fully saturated rings. The highest BCUT2D eigenvalue weighted by Gasteiger charge is 2.21. The Balaban J connectivity index is 2.40. The van der Waals surface area contributed by atoms with Crippen molar-refractivity contribution in [2.45, 2.75) is 19.8 Å². The molecule has 0 aromatic heterocycles. The van der Waals surface area contributed by atoms with E-state index in [2.05, 4.69) is 0 Å². The zero-order valence-electron chi connectivity index (χ0n) is 7.21. The van der Waals surface area contributed by atoms with Gasteiger partial charge in [-0.2, -0.15) is 0 Å². The summed E-state index contributed by atoms with van der Waals surface area (Å²) < 4.78 is 4.70. The molecule has 1 heterocycles. The first-order valence-corrected chi connectivity index (χ1v) is 4.17. The minimum absolute atomic E-state index is 0.0501. The molecule has 0 N–H and O–H groups in total. The van der Waals surface area contributed by atoms with Crippen molar-refractivity contribution in [2.24, 2.45) is 0 Å². The van der Waals surface area contributed by atoms with Crippen molar-refractivity contribution >= 4 is 11.9 Å². The van der Waals surface area contributed by atoms with Crippen molar-refractivity contribution in [3.8, 4) is 0 Å². The number of morpholine rings is 1. The van der Waals surface area contributed by atoms with Crippen molar-refractivity contribution < 1.29 is 14.3 Å². The lowest BCUT2D eigenvalue weighted by Crippen LogP contribution is -2.43. The molecule has 0 bridgehead atoms. The maximum Gasteiger partial charge on any atom is 0.325 e. The van der Waals surface area contributed by atoms with E-state index < -0.39 is 0 Å². The van der Waals surface area contributed by atoms with Gasteiger partial charge in [0.2, 0.25) is 5.91 Å². The molecule has 4 nitrogen and oxygen atoms in total. The second-order valence-corrected chi connectivity index (χ2v) is 2.79. The molecule has 0 aromatic carbocycles. The smallest absolute Gasteiger partial charge is 0.325 e. The predicted molar refractivity (Wildman–Crippen MR) is 42.4 cm³/mol. The summed E-state index contributed by atoms with van der Waals surface area (Å²) in [6, 6.07) is 0. The molecule has 1 aliphatic heterocycles. The Bertz CT molecular complexity index is 191. The molecular weight excluding hydrogens is 158 g/mol. The first-order chi connectivity index (χ1) is 5.74. The molecule has 0 aromatic rings. The van der Waals surface area contributed by atoms with Crippen LogP contribution in [0, 0.1) is 0 Å². The fourth-order valence-electron chi connectivity index (χ4n) is 1.14. The lowest BCUT2D eigenvalue weighted by molar-refractivity contribution is -0.156. The number of cyclic esters (lactones) is 1. The number of esters is 1. The maximum atomic E-state index is 11.3. The van der Waals surface area contributed by atoms with Gasteiger partial charge in [0.25, 0.3) is 0 Å². The van der Waals surface area contributed by atoms with Gasteiger partial charge in [-0.1, -0.05) is 6.92 Å². The molecule has 1 rings (SSSR count). The van der Waals surface area contributed by atoms with E-state index in [1.807, 2.05) is 6.92 Å². The fourth-order valence-corrected chi connectivity index (χ4v) is 1.14. The topological polar surface area (TPSA) is 46.6 Å². The Hall–Kier alpha value is -1.06.